The first-order valence-electron chi connectivity index (χ1n) is 7.75. The molecule has 2 aromatic rings. The summed E-state index contributed by atoms with van der Waals surface area (Å²) >= 11 is 0. The summed E-state index contributed by atoms with van der Waals surface area (Å²) in [5.41, 5.74) is 6.88. The zero-order valence-corrected chi connectivity index (χ0v) is 13.4. The van der Waals surface area contributed by atoms with E-state index in [0.717, 1.165) is 18.5 Å². The van der Waals surface area contributed by atoms with E-state index in [0.29, 0.717) is 13.0 Å². The molecule has 1 heterocycles. The number of aliphatic imine (C=N–C) groups is 1. The molecule has 6 heteroatoms. The minimum absolute atomic E-state index is 0.114. The lowest BCUT2D eigenvalue weighted by molar-refractivity contribution is -0.120. The molecule has 2 rings (SSSR count). The number of rotatable bonds is 7. The molecule has 1 amide bonds. The molecule has 0 radical (unpaired) electrons. The highest BCUT2D eigenvalue weighted by atomic mass is 16.1. The average molecular weight is 313 g/mol. The first kappa shape index (κ1) is 16.7. The van der Waals surface area contributed by atoms with Crippen LogP contribution >= 0.6 is 0 Å². The van der Waals surface area contributed by atoms with E-state index in [1.54, 1.807) is 12.5 Å². The van der Waals surface area contributed by atoms with Crippen molar-refractivity contribution in [3.05, 3.63) is 54.6 Å². The number of hydrogen-bond donors (Lipinski definition) is 2. The Morgan fingerprint density at radius 3 is 2.87 bits per heavy atom. The van der Waals surface area contributed by atoms with E-state index in [9.17, 15) is 4.79 Å². The molecule has 1 aromatic carbocycles. The molecule has 1 aromatic heterocycles. The number of nitrogens with zero attached hydrogens (tertiary/aromatic N) is 3. The Bertz CT molecular complexity index is 622. The van der Waals surface area contributed by atoms with Gasteiger partial charge in [0.1, 0.15) is 0 Å². The maximum absolute atomic E-state index is 12.0. The summed E-state index contributed by atoms with van der Waals surface area (Å²) in [6.07, 6.45) is 6.63. The summed E-state index contributed by atoms with van der Waals surface area (Å²) in [5, 5.41) is 2.64. The monoisotopic (exact) mass is 313 g/mol. The van der Waals surface area contributed by atoms with Crippen molar-refractivity contribution in [1.29, 1.82) is 0 Å². The van der Waals surface area contributed by atoms with Crippen molar-refractivity contribution >= 4 is 11.9 Å². The Labute approximate surface area is 136 Å². The highest BCUT2D eigenvalue weighted by Crippen LogP contribution is 2.17. The number of imidazole rings is 1. The van der Waals surface area contributed by atoms with Gasteiger partial charge in [0, 0.05) is 31.9 Å². The van der Waals surface area contributed by atoms with Crippen LogP contribution in [0, 0.1) is 0 Å². The van der Waals surface area contributed by atoms with Gasteiger partial charge in [-0.1, -0.05) is 37.3 Å². The van der Waals surface area contributed by atoms with Gasteiger partial charge in [-0.2, -0.15) is 0 Å². The second-order valence-electron chi connectivity index (χ2n) is 5.49. The lowest BCUT2D eigenvalue weighted by Crippen LogP contribution is -2.37. The fraction of sp³-hybridized carbons (Fsp3) is 0.353. The zero-order valence-electron chi connectivity index (χ0n) is 13.4. The van der Waals surface area contributed by atoms with Crippen molar-refractivity contribution in [2.24, 2.45) is 10.7 Å². The maximum Gasteiger partial charge on any atom is 0.227 e. The van der Waals surface area contributed by atoms with Gasteiger partial charge in [0.15, 0.2) is 5.96 Å². The van der Waals surface area contributed by atoms with Gasteiger partial charge in [-0.15, -0.1) is 0 Å². The summed E-state index contributed by atoms with van der Waals surface area (Å²) in [7, 11) is 0. The molecule has 0 aliphatic heterocycles. The van der Waals surface area contributed by atoms with Gasteiger partial charge in [0.25, 0.3) is 0 Å². The number of benzene rings is 1. The van der Waals surface area contributed by atoms with Crippen LogP contribution in [0.4, 0.5) is 0 Å². The Kier molecular flexibility index (Phi) is 6.35. The smallest absolute Gasteiger partial charge is 0.227 e. The number of nitrogens with two attached hydrogens (primary N) is 1. The first-order chi connectivity index (χ1) is 11.1. The van der Waals surface area contributed by atoms with Crippen LogP contribution in [-0.2, 0) is 11.3 Å². The number of aryl methyl sites for hydroxylation is 1. The van der Waals surface area contributed by atoms with Crippen molar-refractivity contribution in [3.8, 4) is 0 Å². The molecule has 1 atom stereocenters. The number of amides is 1. The number of hydrogen-bond acceptors (Lipinski definition) is 3. The third kappa shape index (κ3) is 5.94. The van der Waals surface area contributed by atoms with E-state index in [4.69, 9.17) is 5.73 Å². The van der Waals surface area contributed by atoms with Crippen LogP contribution in [0.15, 0.2) is 54.0 Å². The average Bonchev–Trinajstić information content (AvgIpc) is 3.05. The number of carbonyl (C=O) groups excluding carboxylic acids is 1. The fourth-order valence-corrected chi connectivity index (χ4v) is 2.28. The van der Waals surface area contributed by atoms with Crippen LogP contribution < -0.4 is 11.1 Å². The topological polar surface area (TPSA) is 85.3 Å². The minimum Gasteiger partial charge on any atom is -0.370 e. The molecule has 1 unspecified atom stereocenters. The van der Waals surface area contributed by atoms with E-state index in [1.807, 2.05) is 48.0 Å². The first-order valence-corrected chi connectivity index (χ1v) is 7.75. The molecule has 6 nitrogen and oxygen atoms in total. The normalized spacial score (nSPS) is 12.8. The Hall–Kier alpha value is -2.63. The van der Waals surface area contributed by atoms with Crippen LogP contribution in [0.25, 0.3) is 0 Å². The lowest BCUT2D eigenvalue weighted by atomic mass is 9.98. The quantitative estimate of drug-likeness (QED) is 0.465. The van der Waals surface area contributed by atoms with Crippen molar-refractivity contribution in [1.82, 2.24) is 14.9 Å². The van der Waals surface area contributed by atoms with Gasteiger partial charge >= 0.3 is 0 Å². The van der Waals surface area contributed by atoms with Gasteiger partial charge in [0.05, 0.1) is 6.33 Å². The molecular formula is C17H23N5O. The summed E-state index contributed by atoms with van der Waals surface area (Å²) in [5.74, 6) is 0.211. The highest BCUT2D eigenvalue weighted by molar-refractivity contribution is 5.96. The summed E-state index contributed by atoms with van der Waals surface area (Å²) in [6.45, 7) is 3.42. The predicted octanol–water partition coefficient (Wildman–Crippen LogP) is 1.90. The Morgan fingerprint density at radius 2 is 2.17 bits per heavy atom. The second-order valence-corrected chi connectivity index (χ2v) is 5.49. The number of carbonyl (C=O) groups is 1. The number of aromatic nitrogens is 2. The van der Waals surface area contributed by atoms with Gasteiger partial charge in [-0.25, -0.2) is 4.98 Å². The molecule has 0 aliphatic rings. The van der Waals surface area contributed by atoms with Crippen molar-refractivity contribution in [2.45, 2.75) is 32.2 Å². The Balaban J connectivity index is 1.70. The molecule has 122 valence electrons. The molecule has 0 spiro atoms. The Morgan fingerprint density at radius 1 is 1.39 bits per heavy atom. The minimum atomic E-state index is -0.114. The summed E-state index contributed by atoms with van der Waals surface area (Å²) < 4.78 is 1.98. The zero-order chi connectivity index (χ0) is 16.5. The van der Waals surface area contributed by atoms with Gasteiger partial charge < -0.3 is 10.3 Å². The van der Waals surface area contributed by atoms with Crippen molar-refractivity contribution in [3.63, 3.8) is 0 Å². The van der Waals surface area contributed by atoms with Crippen LogP contribution in [-0.4, -0.2) is 28.0 Å². The van der Waals surface area contributed by atoms with E-state index >= 15 is 0 Å². The molecule has 0 saturated carbocycles. The van der Waals surface area contributed by atoms with E-state index < -0.39 is 0 Å². The van der Waals surface area contributed by atoms with Crippen LogP contribution in [0.3, 0.4) is 0 Å². The van der Waals surface area contributed by atoms with Crippen LogP contribution in [0.1, 0.15) is 31.2 Å². The van der Waals surface area contributed by atoms with Crippen molar-refractivity contribution < 1.29 is 4.79 Å². The number of nitrogens with one attached hydrogen (secondary N) is 1. The van der Waals surface area contributed by atoms with Crippen LogP contribution in [0.5, 0.6) is 0 Å². The number of guanidine groups is 1. The predicted molar refractivity (Wildman–Crippen MR) is 91.0 cm³/mol. The van der Waals surface area contributed by atoms with Gasteiger partial charge in [-0.05, 0) is 17.9 Å². The molecule has 0 saturated heterocycles. The second kappa shape index (κ2) is 8.73. The molecule has 0 aliphatic carbocycles. The van der Waals surface area contributed by atoms with Crippen molar-refractivity contribution in [2.75, 3.05) is 6.54 Å². The third-order valence-electron chi connectivity index (χ3n) is 3.54. The highest BCUT2D eigenvalue weighted by Gasteiger charge is 2.11. The van der Waals surface area contributed by atoms with Gasteiger partial charge in [-0.3, -0.25) is 15.1 Å². The standard InChI is InChI=1S/C17H23N5O/c1-14(15-6-3-2-4-7-15)12-16(23)21-17(18)20-8-5-10-22-11-9-19-13-22/h2-4,6-7,9,11,13-14H,5,8,10,12H2,1H3,(H3,18,20,21,23). The third-order valence-corrected chi connectivity index (χ3v) is 3.54. The largest absolute Gasteiger partial charge is 0.370 e. The van der Waals surface area contributed by atoms with E-state index in [1.165, 1.54) is 0 Å². The molecular weight excluding hydrogens is 290 g/mol. The lowest BCUT2D eigenvalue weighted by Gasteiger charge is -2.11. The molecule has 0 fully saturated rings. The van der Waals surface area contributed by atoms with E-state index in [2.05, 4.69) is 15.3 Å². The van der Waals surface area contributed by atoms with Gasteiger partial charge in [0.2, 0.25) is 5.91 Å². The fourth-order valence-electron chi connectivity index (χ4n) is 2.28. The summed E-state index contributed by atoms with van der Waals surface area (Å²) in [4.78, 5) is 20.1. The van der Waals surface area contributed by atoms with Crippen LogP contribution in [0.2, 0.25) is 0 Å². The maximum atomic E-state index is 12.0. The summed E-state index contributed by atoms with van der Waals surface area (Å²) in [6, 6.07) is 9.95. The van der Waals surface area contributed by atoms with E-state index in [-0.39, 0.29) is 17.8 Å². The SMILES string of the molecule is CC(CC(=O)NC(N)=NCCCn1ccnc1)c1ccccc1. The molecule has 0 bridgehead atoms. The molecule has 23 heavy (non-hydrogen) atoms. The molecule has 3 N–H and O–H groups in total.